The zero-order chi connectivity index (χ0) is 14.2. The lowest BCUT2D eigenvalue weighted by Crippen LogP contribution is -2.37. The van der Waals surface area contributed by atoms with Crippen LogP contribution in [0.1, 0.15) is 39.9 Å². The highest BCUT2D eigenvalue weighted by atomic mass is 79.9. The molecule has 2 unspecified atom stereocenters. The first-order valence-corrected chi connectivity index (χ1v) is 7.48. The summed E-state index contributed by atoms with van der Waals surface area (Å²) in [6.45, 7) is 9.32. The number of anilines is 1. The van der Waals surface area contributed by atoms with Crippen LogP contribution in [-0.4, -0.2) is 35.8 Å². The Morgan fingerprint density at radius 2 is 2.05 bits per heavy atom. The Morgan fingerprint density at radius 1 is 1.37 bits per heavy atom. The first-order valence-electron chi connectivity index (χ1n) is 6.68. The van der Waals surface area contributed by atoms with Crippen LogP contribution in [0.2, 0.25) is 0 Å². The molecule has 1 fully saturated rings. The minimum absolute atomic E-state index is 0.0584. The first-order chi connectivity index (χ1) is 8.79. The molecule has 0 spiro atoms. The molecule has 4 nitrogen and oxygen atoms in total. The predicted molar refractivity (Wildman–Crippen MR) is 80.7 cm³/mol. The molecule has 106 valence electrons. The molecule has 0 aliphatic carbocycles. The zero-order valence-electron chi connectivity index (χ0n) is 12.3. The highest BCUT2D eigenvalue weighted by Crippen LogP contribution is 2.27. The molecular formula is C14H22BrN3O. The van der Waals surface area contributed by atoms with Gasteiger partial charge in [0.2, 0.25) is 0 Å². The molecule has 0 amide bonds. The van der Waals surface area contributed by atoms with E-state index in [1.54, 1.807) is 0 Å². The topological polar surface area (TPSA) is 38.2 Å². The van der Waals surface area contributed by atoms with Crippen LogP contribution in [0.4, 0.5) is 5.82 Å². The highest BCUT2D eigenvalue weighted by Gasteiger charge is 2.29. The lowest BCUT2D eigenvalue weighted by molar-refractivity contribution is 0.118. The summed E-state index contributed by atoms with van der Waals surface area (Å²) in [7, 11) is 2.08. The minimum atomic E-state index is -0.0584. The number of nitrogens with zero attached hydrogens (tertiary/aromatic N) is 3. The maximum Gasteiger partial charge on any atom is 0.137 e. The van der Waals surface area contributed by atoms with Crippen molar-refractivity contribution in [3.05, 3.63) is 16.5 Å². The third-order valence-electron chi connectivity index (χ3n) is 3.55. The van der Waals surface area contributed by atoms with Gasteiger partial charge in [0.15, 0.2) is 0 Å². The molecule has 1 aliphatic heterocycles. The maximum absolute atomic E-state index is 5.64. The summed E-state index contributed by atoms with van der Waals surface area (Å²) < 4.78 is 6.47. The predicted octanol–water partition coefficient (Wildman–Crippen LogP) is 3.15. The van der Waals surface area contributed by atoms with E-state index in [9.17, 15) is 0 Å². The molecule has 0 radical (unpaired) electrons. The summed E-state index contributed by atoms with van der Waals surface area (Å²) in [4.78, 5) is 11.4. The molecule has 2 atom stereocenters. The fourth-order valence-corrected chi connectivity index (χ4v) is 2.69. The van der Waals surface area contributed by atoms with Crippen molar-refractivity contribution in [1.82, 2.24) is 9.97 Å². The zero-order valence-corrected chi connectivity index (χ0v) is 13.9. The average Bonchev–Trinajstić information content (AvgIpc) is 2.72. The molecule has 1 aliphatic rings. The van der Waals surface area contributed by atoms with E-state index < -0.39 is 0 Å². The summed E-state index contributed by atoms with van der Waals surface area (Å²) in [5.74, 6) is 1.81. The Kier molecular flexibility index (Phi) is 4.16. The monoisotopic (exact) mass is 327 g/mol. The van der Waals surface area contributed by atoms with E-state index in [1.807, 2.05) is 6.07 Å². The van der Waals surface area contributed by atoms with Crippen molar-refractivity contribution < 1.29 is 4.74 Å². The Morgan fingerprint density at radius 3 is 2.58 bits per heavy atom. The second kappa shape index (κ2) is 5.37. The van der Waals surface area contributed by atoms with Crippen LogP contribution in [0.5, 0.6) is 0 Å². The summed E-state index contributed by atoms with van der Waals surface area (Å²) in [5, 5.41) is 0. The molecule has 19 heavy (non-hydrogen) atoms. The quantitative estimate of drug-likeness (QED) is 0.782. The van der Waals surface area contributed by atoms with E-state index in [4.69, 9.17) is 9.72 Å². The van der Waals surface area contributed by atoms with Crippen LogP contribution in [0.25, 0.3) is 0 Å². The van der Waals surface area contributed by atoms with Gasteiger partial charge in [0, 0.05) is 25.1 Å². The van der Waals surface area contributed by atoms with Crippen molar-refractivity contribution in [2.75, 3.05) is 18.6 Å². The van der Waals surface area contributed by atoms with Gasteiger partial charge in [0.1, 0.15) is 16.2 Å². The molecule has 0 saturated carbocycles. The Balaban J connectivity index is 2.31. The highest BCUT2D eigenvalue weighted by molar-refractivity contribution is 9.10. The van der Waals surface area contributed by atoms with Gasteiger partial charge < -0.3 is 9.64 Å². The summed E-state index contributed by atoms with van der Waals surface area (Å²) >= 11 is 3.49. The van der Waals surface area contributed by atoms with Crippen molar-refractivity contribution in [3.63, 3.8) is 0 Å². The lowest BCUT2D eigenvalue weighted by atomic mass is 9.96. The Labute approximate surface area is 123 Å². The molecule has 0 N–H and O–H groups in total. The van der Waals surface area contributed by atoms with E-state index in [0.29, 0.717) is 6.04 Å². The molecule has 1 aromatic rings. The van der Waals surface area contributed by atoms with E-state index in [2.05, 4.69) is 60.6 Å². The normalized spacial score (nSPS) is 23.7. The number of halogens is 1. The molecular weight excluding hydrogens is 306 g/mol. The van der Waals surface area contributed by atoms with Crippen molar-refractivity contribution >= 4 is 21.7 Å². The average molecular weight is 328 g/mol. The summed E-state index contributed by atoms with van der Waals surface area (Å²) in [6.07, 6.45) is 1.29. The van der Waals surface area contributed by atoms with Gasteiger partial charge in [0.25, 0.3) is 0 Å². The molecule has 0 bridgehead atoms. The van der Waals surface area contributed by atoms with Crippen LogP contribution >= 0.6 is 15.9 Å². The minimum Gasteiger partial charge on any atom is -0.376 e. The van der Waals surface area contributed by atoms with E-state index in [-0.39, 0.29) is 11.5 Å². The second-order valence-electron chi connectivity index (χ2n) is 6.17. The number of aromatic nitrogens is 2. The van der Waals surface area contributed by atoms with Crippen LogP contribution in [0.3, 0.4) is 0 Å². The van der Waals surface area contributed by atoms with Gasteiger partial charge in [-0.1, -0.05) is 20.8 Å². The number of rotatable bonds is 2. The summed E-state index contributed by atoms with van der Waals surface area (Å²) in [6, 6.07) is 2.36. The number of hydrogen-bond acceptors (Lipinski definition) is 4. The van der Waals surface area contributed by atoms with Crippen molar-refractivity contribution in [2.45, 2.75) is 51.7 Å². The van der Waals surface area contributed by atoms with E-state index in [1.165, 1.54) is 0 Å². The van der Waals surface area contributed by atoms with Crippen LogP contribution in [0, 0.1) is 0 Å². The molecule has 0 aromatic carbocycles. The standard InChI is InChI=1S/C14H22BrN3O/c1-9-10(6-7-19-9)18(5)12-8-11(15)16-13(17-12)14(2,3)4/h8-10H,6-7H2,1-5H3. The van der Waals surface area contributed by atoms with Gasteiger partial charge in [-0.05, 0) is 29.3 Å². The fraction of sp³-hybridized carbons (Fsp3) is 0.714. The SMILES string of the molecule is CC1OCCC1N(C)c1cc(Br)nc(C(C)(C)C)n1. The largest absolute Gasteiger partial charge is 0.376 e. The Hall–Kier alpha value is -0.680. The molecule has 1 saturated heterocycles. The maximum atomic E-state index is 5.64. The summed E-state index contributed by atoms with van der Waals surface area (Å²) in [5.41, 5.74) is -0.0584. The molecule has 5 heteroatoms. The van der Waals surface area contributed by atoms with Crippen molar-refractivity contribution in [2.24, 2.45) is 0 Å². The van der Waals surface area contributed by atoms with Gasteiger partial charge in [-0.25, -0.2) is 9.97 Å². The van der Waals surface area contributed by atoms with Gasteiger partial charge in [-0.15, -0.1) is 0 Å². The van der Waals surface area contributed by atoms with Crippen LogP contribution in [0.15, 0.2) is 10.7 Å². The smallest absolute Gasteiger partial charge is 0.137 e. The third-order valence-corrected chi connectivity index (χ3v) is 3.95. The molecule has 1 aromatic heterocycles. The van der Waals surface area contributed by atoms with Gasteiger partial charge in [-0.2, -0.15) is 0 Å². The lowest BCUT2D eigenvalue weighted by Gasteiger charge is -2.29. The molecule has 2 heterocycles. The van der Waals surface area contributed by atoms with Crippen LogP contribution < -0.4 is 4.90 Å². The van der Waals surface area contributed by atoms with Crippen molar-refractivity contribution in [1.29, 1.82) is 0 Å². The van der Waals surface area contributed by atoms with E-state index in [0.717, 1.165) is 29.3 Å². The third kappa shape index (κ3) is 3.26. The van der Waals surface area contributed by atoms with Gasteiger partial charge in [0.05, 0.1) is 12.1 Å². The Bertz CT molecular complexity index is 458. The number of ether oxygens (including phenoxy) is 1. The van der Waals surface area contributed by atoms with E-state index >= 15 is 0 Å². The molecule has 2 rings (SSSR count). The van der Waals surface area contributed by atoms with Gasteiger partial charge >= 0.3 is 0 Å². The van der Waals surface area contributed by atoms with Crippen molar-refractivity contribution in [3.8, 4) is 0 Å². The van der Waals surface area contributed by atoms with Crippen LogP contribution in [-0.2, 0) is 10.2 Å². The first kappa shape index (κ1) is 14.7. The number of hydrogen-bond donors (Lipinski definition) is 0. The van der Waals surface area contributed by atoms with Gasteiger partial charge in [-0.3, -0.25) is 0 Å². The fourth-order valence-electron chi connectivity index (χ4n) is 2.32. The second-order valence-corrected chi connectivity index (χ2v) is 6.98. The number of likely N-dealkylation sites (N-methyl/N-ethyl adjacent to an activating group) is 1.